The van der Waals surface area contributed by atoms with E-state index in [0.717, 1.165) is 44.9 Å². The van der Waals surface area contributed by atoms with Crippen LogP contribution in [0.4, 0.5) is 0 Å². The number of nitrogens with one attached hydrogen (secondary N) is 1. The van der Waals surface area contributed by atoms with Crippen molar-refractivity contribution < 1.29 is 18.0 Å². The van der Waals surface area contributed by atoms with Gasteiger partial charge in [-0.3, -0.25) is 14.3 Å². The molecule has 1 unspecified atom stereocenters. The molecule has 1 atom stereocenters. The van der Waals surface area contributed by atoms with Gasteiger partial charge in [-0.15, -0.1) is 0 Å². The molecule has 3 aliphatic rings. The number of rotatable bonds is 5. The second kappa shape index (κ2) is 7.02. The molecule has 6 nitrogen and oxygen atoms in total. The fourth-order valence-electron chi connectivity index (χ4n) is 4.06. The van der Waals surface area contributed by atoms with Gasteiger partial charge in [-0.2, -0.15) is 0 Å². The van der Waals surface area contributed by atoms with Crippen LogP contribution in [0.3, 0.4) is 0 Å². The fourth-order valence-corrected chi connectivity index (χ4v) is 5.57. The average Bonchev–Trinajstić information content (AvgIpc) is 2.86. The third-order valence-corrected chi connectivity index (χ3v) is 7.31. The highest BCUT2D eigenvalue weighted by atomic mass is 32.2. The molecule has 7 heteroatoms. The van der Waals surface area contributed by atoms with Crippen LogP contribution in [0.1, 0.15) is 58.3 Å². The Morgan fingerprint density at radius 1 is 1.17 bits per heavy atom. The van der Waals surface area contributed by atoms with E-state index in [2.05, 4.69) is 11.6 Å². The summed E-state index contributed by atoms with van der Waals surface area (Å²) in [6.07, 6.45) is 7.25. The number of nitrogens with zero attached hydrogens (tertiary/aromatic N) is 1. The lowest BCUT2D eigenvalue weighted by molar-refractivity contribution is -0.130. The maximum Gasteiger partial charge on any atom is 0.238 e. The highest BCUT2D eigenvalue weighted by Crippen LogP contribution is 2.31. The summed E-state index contributed by atoms with van der Waals surface area (Å²) in [5.74, 6) is -0.131. The Bertz CT molecular complexity index is 592. The Labute approximate surface area is 144 Å². The van der Waals surface area contributed by atoms with Gasteiger partial charge in [-0.1, -0.05) is 13.3 Å². The Balaban J connectivity index is 1.53. The van der Waals surface area contributed by atoms with Crippen LogP contribution in [0.2, 0.25) is 0 Å². The lowest BCUT2D eigenvalue weighted by Crippen LogP contribution is -2.42. The lowest BCUT2D eigenvalue weighted by atomic mass is 9.87. The van der Waals surface area contributed by atoms with E-state index in [0.29, 0.717) is 12.5 Å². The van der Waals surface area contributed by atoms with E-state index in [4.69, 9.17) is 0 Å². The first-order valence-electron chi connectivity index (χ1n) is 9.18. The highest BCUT2D eigenvalue weighted by molar-refractivity contribution is 7.90. The van der Waals surface area contributed by atoms with Crippen LogP contribution in [0.25, 0.3) is 0 Å². The van der Waals surface area contributed by atoms with E-state index >= 15 is 0 Å². The summed E-state index contributed by atoms with van der Waals surface area (Å²) in [6, 6.07) is 0.220. The SMILES string of the molecule is CC1CCC(N2CC(C(=O)NS(=O)(=O)CC3CCC3)CC2=O)CC1. The van der Waals surface area contributed by atoms with Gasteiger partial charge in [0, 0.05) is 19.0 Å². The van der Waals surface area contributed by atoms with Gasteiger partial charge in [0.05, 0.1) is 11.7 Å². The third kappa shape index (κ3) is 4.10. The van der Waals surface area contributed by atoms with Gasteiger partial charge in [0.25, 0.3) is 0 Å². The minimum Gasteiger partial charge on any atom is -0.339 e. The molecule has 2 saturated carbocycles. The van der Waals surface area contributed by atoms with Crippen molar-refractivity contribution in [1.82, 2.24) is 9.62 Å². The molecule has 1 N–H and O–H groups in total. The molecule has 3 rings (SSSR count). The van der Waals surface area contributed by atoms with Crippen LogP contribution in [-0.2, 0) is 19.6 Å². The van der Waals surface area contributed by atoms with Crippen LogP contribution in [-0.4, -0.2) is 43.5 Å². The van der Waals surface area contributed by atoms with Crippen molar-refractivity contribution >= 4 is 21.8 Å². The molecular formula is C17H28N2O4S. The quantitative estimate of drug-likeness (QED) is 0.812. The van der Waals surface area contributed by atoms with E-state index < -0.39 is 21.8 Å². The van der Waals surface area contributed by atoms with Crippen molar-refractivity contribution in [3.8, 4) is 0 Å². The second-order valence-electron chi connectivity index (χ2n) is 7.91. The highest BCUT2D eigenvalue weighted by Gasteiger charge is 2.40. The third-order valence-electron chi connectivity index (χ3n) is 5.89. The van der Waals surface area contributed by atoms with Gasteiger partial charge in [0.15, 0.2) is 0 Å². The first kappa shape index (κ1) is 17.7. The average molecular weight is 356 g/mol. The van der Waals surface area contributed by atoms with Gasteiger partial charge >= 0.3 is 0 Å². The molecule has 2 aliphatic carbocycles. The molecule has 0 radical (unpaired) electrons. The van der Waals surface area contributed by atoms with Gasteiger partial charge in [0.2, 0.25) is 21.8 Å². The van der Waals surface area contributed by atoms with Crippen molar-refractivity contribution in [2.45, 2.75) is 64.3 Å². The minimum absolute atomic E-state index is 0.00825. The largest absolute Gasteiger partial charge is 0.339 e. The lowest BCUT2D eigenvalue weighted by Gasteiger charge is -2.33. The van der Waals surface area contributed by atoms with Gasteiger partial charge in [0.1, 0.15) is 0 Å². The smallest absolute Gasteiger partial charge is 0.238 e. The fraction of sp³-hybridized carbons (Fsp3) is 0.882. The summed E-state index contributed by atoms with van der Waals surface area (Å²) in [5.41, 5.74) is 0. The van der Waals surface area contributed by atoms with Crippen LogP contribution < -0.4 is 4.72 Å². The zero-order valence-corrected chi connectivity index (χ0v) is 15.2. The summed E-state index contributed by atoms with van der Waals surface area (Å²) >= 11 is 0. The zero-order valence-electron chi connectivity index (χ0n) is 14.4. The van der Waals surface area contributed by atoms with E-state index in [1.54, 1.807) is 0 Å². The Kier molecular flexibility index (Phi) is 5.18. The maximum atomic E-state index is 12.3. The van der Waals surface area contributed by atoms with Crippen molar-refractivity contribution in [2.75, 3.05) is 12.3 Å². The van der Waals surface area contributed by atoms with Crippen LogP contribution in [0.5, 0.6) is 0 Å². The monoisotopic (exact) mass is 356 g/mol. The van der Waals surface area contributed by atoms with Gasteiger partial charge in [-0.05, 0) is 50.4 Å². The van der Waals surface area contributed by atoms with E-state index in [9.17, 15) is 18.0 Å². The molecule has 1 saturated heterocycles. The van der Waals surface area contributed by atoms with Crippen LogP contribution >= 0.6 is 0 Å². The van der Waals surface area contributed by atoms with Crippen molar-refractivity contribution in [3.05, 3.63) is 0 Å². The molecule has 0 bridgehead atoms. The summed E-state index contributed by atoms with van der Waals surface area (Å²) in [6.45, 7) is 2.59. The standard InChI is InChI=1S/C17H28N2O4S/c1-12-5-7-15(8-6-12)19-10-14(9-16(19)20)17(21)18-24(22,23)11-13-3-2-4-13/h12-15H,2-11H2,1H3,(H,18,21). The zero-order chi connectivity index (χ0) is 17.3. The maximum absolute atomic E-state index is 12.3. The summed E-state index contributed by atoms with van der Waals surface area (Å²) in [5, 5.41) is 0. The summed E-state index contributed by atoms with van der Waals surface area (Å²) in [4.78, 5) is 26.4. The minimum atomic E-state index is -3.57. The molecule has 0 spiro atoms. The normalized spacial score (nSPS) is 31.8. The number of hydrogen-bond acceptors (Lipinski definition) is 4. The first-order valence-corrected chi connectivity index (χ1v) is 10.8. The summed E-state index contributed by atoms with van der Waals surface area (Å²) in [7, 11) is -3.57. The van der Waals surface area contributed by atoms with E-state index in [1.807, 2.05) is 4.90 Å². The molecule has 0 aromatic heterocycles. The molecule has 3 fully saturated rings. The molecular weight excluding hydrogens is 328 g/mol. The van der Waals surface area contributed by atoms with Crippen LogP contribution in [0.15, 0.2) is 0 Å². The Morgan fingerprint density at radius 3 is 2.42 bits per heavy atom. The molecule has 0 aromatic carbocycles. The number of hydrogen-bond donors (Lipinski definition) is 1. The summed E-state index contributed by atoms with van der Waals surface area (Å²) < 4.78 is 26.3. The number of sulfonamides is 1. The number of amides is 2. The molecule has 2 amide bonds. The Morgan fingerprint density at radius 2 is 1.83 bits per heavy atom. The van der Waals surface area contributed by atoms with Crippen molar-refractivity contribution in [2.24, 2.45) is 17.8 Å². The van der Waals surface area contributed by atoms with E-state index in [-0.39, 0.29) is 30.0 Å². The van der Waals surface area contributed by atoms with E-state index in [1.165, 1.54) is 0 Å². The van der Waals surface area contributed by atoms with Gasteiger partial charge in [-0.25, -0.2) is 8.42 Å². The number of carbonyl (C=O) groups is 2. The number of likely N-dealkylation sites (tertiary alicyclic amines) is 1. The van der Waals surface area contributed by atoms with Gasteiger partial charge < -0.3 is 4.90 Å². The first-order chi connectivity index (χ1) is 11.3. The molecule has 1 aliphatic heterocycles. The molecule has 0 aromatic rings. The van der Waals surface area contributed by atoms with Crippen LogP contribution in [0, 0.1) is 17.8 Å². The molecule has 136 valence electrons. The molecule has 24 heavy (non-hydrogen) atoms. The second-order valence-corrected chi connectivity index (χ2v) is 9.67. The predicted octanol–water partition coefficient (Wildman–Crippen LogP) is 1.66. The Hall–Kier alpha value is -1.11. The topological polar surface area (TPSA) is 83.6 Å². The predicted molar refractivity (Wildman–Crippen MR) is 90.5 cm³/mol. The van der Waals surface area contributed by atoms with Crippen molar-refractivity contribution in [1.29, 1.82) is 0 Å². The van der Waals surface area contributed by atoms with Crippen molar-refractivity contribution in [3.63, 3.8) is 0 Å². The molecule has 1 heterocycles. The number of carbonyl (C=O) groups excluding carboxylic acids is 2.